The van der Waals surface area contributed by atoms with E-state index in [1.54, 1.807) is 18.2 Å². The van der Waals surface area contributed by atoms with Crippen LogP contribution < -0.4 is 10.5 Å². The van der Waals surface area contributed by atoms with Crippen molar-refractivity contribution >= 4 is 15.7 Å². The lowest BCUT2D eigenvalue weighted by Gasteiger charge is -2.22. The van der Waals surface area contributed by atoms with Crippen LogP contribution in [0.5, 0.6) is 0 Å². The maximum Gasteiger partial charge on any atom is 0.240 e. The Morgan fingerprint density at radius 2 is 1.88 bits per heavy atom. The molecular weight excluding hydrogens is 236 g/mol. The van der Waals surface area contributed by atoms with Crippen molar-refractivity contribution in [3.8, 4) is 0 Å². The topological polar surface area (TPSA) is 72.2 Å². The van der Waals surface area contributed by atoms with E-state index in [0.717, 1.165) is 25.7 Å². The summed E-state index contributed by atoms with van der Waals surface area (Å²) in [5.41, 5.74) is 6.07. The van der Waals surface area contributed by atoms with E-state index in [1.807, 2.05) is 0 Å². The minimum atomic E-state index is -3.41. The minimum Gasteiger partial charge on any atom is -0.399 e. The zero-order valence-electron chi connectivity index (χ0n) is 9.72. The maximum absolute atomic E-state index is 12.1. The third-order valence-corrected chi connectivity index (χ3v) is 4.61. The Balaban J connectivity index is 2.13. The highest BCUT2D eigenvalue weighted by Crippen LogP contribution is 2.20. The number of hydrogen-bond donors (Lipinski definition) is 2. The predicted octanol–water partition coefficient (Wildman–Crippen LogP) is 1.88. The summed E-state index contributed by atoms with van der Waals surface area (Å²) in [7, 11) is -3.41. The summed E-state index contributed by atoms with van der Waals surface area (Å²) in [6, 6.07) is 6.48. The second-order valence-electron chi connectivity index (χ2n) is 4.53. The van der Waals surface area contributed by atoms with Crippen molar-refractivity contribution in [1.82, 2.24) is 4.72 Å². The van der Waals surface area contributed by atoms with Gasteiger partial charge in [-0.15, -0.1) is 0 Å². The molecule has 0 unspecified atom stereocenters. The summed E-state index contributed by atoms with van der Waals surface area (Å²) in [6.07, 6.45) is 5.27. The third-order valence-electron chi connectivity index (χ3n) is 3.10. The van der Waals surface area contributed by atoms with Gasteiger partial charge in [-0.25, -0.2) is 13.1 Å². The van der Waals surface area contributed by atoms with E-state index in [-0.39, 0.29) is 10.9 Å². The standard InChI is InChI=1S/C12H18N2O2S/c13-10-5-4-8-12(9-10)17(15,16)14-11-6-2-1-3-7-11/h4-5,8-9,11,14H,1-3,6-7,13H2. The number of benzene rings is 1. The highest BCUT2D eigenvalue weighted by Gasteiger charge is 2.21. The molecule has 0 bridgehead atoms. The molecule has 0 saturated heterocycles. The molecule has 5 heteroatoms. The summed E-state index contributed by atoms with van der Waals surface area (Å²) in [5, 5.41) is 0. The molecule has 94 valence electrons. The first-order valence-electron chi connectivity index (χ1n) is 5.96. The monoisotopic (exact) mass is 254 g/mol. The molecule has 0 radical (unpaired) electrons. The predicted molar refractivity (Wildman–Crippen MR) is 68.0 cm³/mol. The van der Waals surface area contributed by atoms with E-state index in [4.69, 9.17) is 5.73 Å². The van der Waals surface area contributed by atoms with Crippen molar-refractivity contribution in [2.75, 3.05) is 5.73 Å². The summed E-state index contributed by atoms with van der Waals surface area (Å²) in [5.74, 6) is 0. The number of anilines is 1. The molecule has 0 aliphatic heterocycles. The van der Waals surface area contributed by atoms with Crippen LogP contribution in [0.15, 0.2) is 29.2 Å². The first-order chi connectivity index (χ1) is 8.08. The van der Waals surface area contributed by atoms with Gasteiger partial charge in [-0.3, -0.25) is 0 Å². The average molecular weight is 254 g/mol. The second kappa shape index (κ2) is 5.06. The summed E-state index contributed by atoms with van der Waals surface area (Å²) in [4.78, 5) is 0.253. The first-order valence-corrected chi connectivity index (χ1v) is 7.44. The van der Waals surface area contributed by atoms with Gasteiger partial charge in [-0.2, -0.15) is 0 Å². The lowest BCUT2D eigenvalue weighted by molar-refractivity contribution is 0.412. The Kier molecular flexibility index (Phi) is 3.69. The lowest BCUT2D eigenvalue weighted by Crippen LogP contribution is -2.36. The fourth-order valence-corrected chi connectivity index (χ4v) is 3.55. The van der Waals surface area contributed by atoms with Crippen molar-refractivity contribution in [3.63, 3.8) is 0 Å². The first kappa shape index (κ1) is 12.4. The molecule has 1 fully saturated rings. The molecule has 2 rings (SSSR count). The van der Waals surface area contributed by atoms with Crippen LogP contribution in [0.2, 0.25) is 0 Å². The van der Waals surface area contributed by atoms with Gasteiger partial charge in [0.15, 0.2) is 0 Å². The van der Waals surface area contributed by atoms with Gasteiger partial charge in [0.25, 0.3) is 0 Å². The smallest absolute Gasteiger partial charge is 0.240 e. The fourth-order valence-electron chi connectivity index (χ4n) is 2.19. The van der Waals surface area contributed by atoms with Crippen molar-refractivity contribution in [2.45, 2.75) is 43.0 Å². The second-order valence-corrected chi connectivity index (χ2v) is 6.24. The quantitative estimate of drug-likeness (QED) is 0.809. The molecule has 0 heterocycles. The van der Waals surface area contributed by atoms with Crippen LogP contribution in [0, 0.1) is 0 Å². The molecule has 1 aromatic carbocycles. The van der Waals surface area contributed by atoms with Crippen LogP contribution in [-0.2, 0) is 10.0 Å². The van der Waals surface area contributed by atoms with Crippen LogP contribution in [-0.4, -0.2) is 14.5 Å². The Morgan fingerprint density at radius 3 is 2.53 bits per heavy atom. The zero-order chi connectivity index (χ0) is 12.3. The lowest BCUT2D eigenvalue weighted by atomic mass is 9.96. The van der Waals surface area contributed by atoms with E-state index >= 15 is 0 Å². The van der Waals surface area contributed by atoms with E-state index in [1.165, 1.54) is 12.5 Å². The Hall–Kier alpha value is -1.07. The molecule has 0 amide bonds. The molecule has 1 aromatic rings. The van der Waals surface area contributed by atoms with Gasteiger partial charge in [-0.05, 0) is 31.0 Å². The van der Waals surface area contributed by atoms with Gasteiger partial charge in [0.2, 0.25) is 10.0 Å². The van der Waals surface area contributed by atoms with Gasteiger partial charge in [-0.1, -0.05) is 25.3 Å². The van der Waals surface area contributed by atoms with Crippen LogP contribution in [0.1, 0.15) is 32.1 Å². The fraction of sp³-hybridized carbons (Fsp3) is 0.500. The van der Waals surface area contributed by atoms with Gasteiger partial charge < -0.3 is 5.73 Å². The minimum absolute atomic E-state index is 0.0789. The number of hydrogen-bond acceptors (Lipinski definition) is 3. The number of nitrogens with one attached hydrogen (secondary N) is 1. The molecule has 0 atom stereocenters. The van der Waals surface area contributed by atoms with Crippen molar-refractivity contribution in [1.29, 1.82) is 0 Å². The van der Waals surface area contributed by atoms with Crippen LogP contribution in [0.4, 0.5) is 5.69 Å². The summed E-state index contributed by atoms with van der Waals surface area (Å²) < 4.78 is 26.9. The van der Waals surface area contributed by atoms with Gasteiger partial charge in [0.1, 0.15) is 0 Å². The molecule has 0 aromatic heterocycles. The number of nitrogen functional groups attached to an aromatic ring is 1. The van der Waals surface area contributed by atoms with Gasteiger partial charge in [0, 0.05) is 11.7 Å². The molecule has 4 nitrogen and oxygen atoms in total. The van der Waals surface area contributed by atoms with Gasteiger partial charge in [0.05, 0.1) is 4.90 Å². The third kappa shape index (κ3) is 3.20. The van der Waals surface area contributed by atoms with Crippen molar-refractivity contribution in [3.05, 3.63) is 24.3 Å². The van der Waals surface area contributed by atoms with Crippen LogP contribution >= 0.6 is 0 Å². The molecule has 0 spiro atoms. The van der Waals surface area contributed by atoms with Crippen molar-refractivity contribution < 1.29 is 8.42 Å². The number of rotatable bonds is 3. The van der Waals surface area contributed by atoms with Gasteiger partial charge >= 0.3 is 0 Å². The van der Waals surface area contributed by atoms with E-state index < -0.39 is 10.0 Å². The van der Waals surface area contributed by atoms with Crippen LogP contribution in [0.25, 0.3) is 0 Å². The molecule has 1 saturated carbocycles. The van der Waals surface area contributed by atoms with Crippen molar-refractivity contribution in [2.24, 2.45) is 0 Å². The summed E-state index contributed by atoms with van der Waals surface area (Å²) >= 11 is 0. The van der Waals surface area contributed by atoms with E-state index in [0.29, 0.717) is 5.69 Å². The van der Waals surface area contributed by atoms with E-state index in [9.17, 15) is 8.42 Å². The average Bonchev–Trinajstić information content (AvgIpc) is 2.30. The summed E-state index contributed by atoms with van der Waals surface area (Å²) in [6.45, 7) is 0. The van der Waals surface area contributed by atoms with E-state index in [2.05, 4.69) is 4.72 Å². The Bertz CT molecular complexity index is 479. The molecule has 1 aliphatic carbocycles. The maximum atomic E-state index is 12.1. The molecular formula is C12H18N2O2S. The normalized spacial score (nSPS) is 18.1. The molecule has 3 N–H and O–H groups in total. The molecule has 17 heavy (non-hydrogen) atoms. The zero-order valence-corrected chi connectivity index (χ0v) is 10.5. The number of nitrogens with two attached hydrogens (primary N) is 1. The SMILES string of the molecule is Nc1cccc(S(=O)(=O)NC2CCCCC2)c1. The largest absolute Gasteiger partial charge is 0.399 e. The number of sulfonamides is 1. The highest BCUT2D eigenvalue weighted by atomic mass is 32.2. The Morgan fingerprint density at radius 1 is 1.18 bits per heavy atom. The van der Waals surface area contributed by atoms with Crippen LogP contribution in [0.3, 0.4) is 0 Å². The highest BCUT2D eigenvalue weighted by molar-refractivity contribution is 7.89. The molecule has 1 aliphatic rings. The Labute approximate surface area is 102 Å².